The molecule has 0 radical (unpaired) electrons. The Morgan fingerprint density at radius 3 is 2.57 bits per heavy atom. The second kappa shape index (κ2) is 4.77. The number of hydrogen-bond acceptors (Lipinski definition) is 3. The van der Waals surface area contributed by atoms with Gasteiger partial charge in [0.1, 0.15) is 11.6 Å². The maximum absolute atomic E-state index is 13.3. The van der Waals surface area contributed by atoms with Gasteiger partial charge < -0.3 is 14.8 Å². The molecule has 14 heavy (non-hydrogen) atoms. The zero-order chi connectivity index (χ0) is 10.7. The van der Waals surface area contributed by atoms with E-state index in [-0.39, 0.29) is 9.94 Å². The molecule has 0 aliphatic rings. The molecule has 76 valence electrons. The van der Waals surface area contributed by atoms with Crippen molar-refractivity contribution in [1.82, 2.24) is 0 Å². The lowest BCUT2D eigenvalue weighted by Gasteiger charge is -2.08. The molecule has 0 bridgehead atoms. The van der Waals surface area contributed by atoms with Crippen molar-refractivity contribution in [3.8, 4) is 5.75 Å². The first kappa shape index (κ1) is 11.5. The predicted molar refractivity (Wildman–Crippen MR) is 55.1 cm³/mol. The Kier molecular flexibility index (Phi) is 3.91. The Balaban J connectivity index is 3.11. The van der Waals surface area contributed by atoms with Gasteiger partial charge in [0.25, 0.3) is 0 Å². The summed E-state index contributed by atoms with van der Waals surface area (Å²) in [6, 6.07) is 2.60. The lowest BCUT2D eigenvalue weighted by atomic mass is 9.80. The number of halogens is 2. The zero-order valence-corrected chi connectivity index (χ0v) is 9.08. The van der Waals surface area contributed by atoms with Crippen LogP contribution in [0.3, 0.4) is 0 Å². The third kappa shape index (κ3) is 2.46. The first-order valence-corrected chi connectivity index (χ1v) is 4.83. The summed E-state index contributed by atoms with van der Waals surface area (Å²) in [5.74, 6) is -0.362. The molecule has 0 aliphatic carbocycles. The van der Waals surface area contributed by atoms with Gasteiger partial charge in [0.15, 0.2) is 0 Å². The van der Waals surface area contributed by atoms with Crippen molar-refractivity contribution < 1.29 is 19.2 Å². The number of benzene rings is 1. The molecule has 0 heterocycles. The van der Waals surface area contributed by atoms with Crippen molar-refractivity contribution in [2.75, 3.05) is 6.61 Å². The lowest BCUT2D eigenvalue weighted by Crippen LogP contribution is -2.33. The van der Waals surface area contributed by atoms with Crippen LogP contribution in [-0.2, 0) is 0 Å². The summed E-state index contributed by atoms with van der Waals surface area (Å²) >= 11 is 3.03. The maximum atomic E-state index is 13.3. The van der Waals surface area contributed by atoms with Crippen LogP contribution < -0.4 is 10.2 Å². The van der Waals surface area contributed by atoms with E-state index in [1.807, 2.05) is 0 Å². The Hall–Kier alpha value is -0.585. The molecule has 0 amide bonds. The monoisotopic (exact) mass is 262 g/mol. The van der Waals surface area contributed by atoms with Gasteiger partial charge in [-0.1, -0.05) is 15.9 Å². The second-order valence-electron chi connectivity index (χ2n) is 2.61. The molecular weight excluding hydrogens is 254 g/mol. The summed E-state index contributed by atoms with van der Waals surface area (Å²) in [5.41, 5.74) is -0.187. The van der Waals surface area contributed by atoms with Gasteiger partial charge in [-0.25, -0.2) is 4.39 Å². The van der Waals surface area contributed by atoms with E-state index in [9.17, 15) is 4.39 Å². The van der Waals surface area contributed by atoms with Crippen LogP contribution in [-0.4, -0.2) is 23.8 Å². The molecule has 0 aromatic heterocycles. The summed E-state index contributed by atoms with van der Waals surface area (Å²) in [7, 11) is -1.83. The molecule has 0 fully saturated rings. The molecule has 0 spiro atoms. The van der Waals surface area contributed by atoms with E-state index in [1.165, 1.54) is 6.07 Å². The van der Waals surface area contributed by atoms with Crippen molar-refractivity contribution in [2.45, 2.75) is 6.92 Å². The summed E-state index contributed by atoms with van der Waals surface area (Å²) in [4.78, 5) is 0. The quantitative estimate of drug-likeness (QED) is 0.788. The van der Waals surface area contributed by atoms with Crippen LogP contribution in [0.25, 0.3) is 0 Å². The summed E-state index contributed by atoms with van der Waals surface area (Å²) in [6.07, 6.45) is 0. The third-order valence-electron chi connectivity index (χ3n) is 1.62. The topological polar surface area (TPSA) is 49.7 Å². The van der Waals surface area contributed by atoms with Crippen molar-refractivity contribution in [1.29, 1.82) is 0 Å². The number of ether oxygens (including phenoxy) is 1. The van der Waals surface area contributed by atoms with Crippen LogP contribution in [0.1, 0.15) is 6.92 Å². The van der Waals surface area contributed by atoms with Crippen LogP contribution in [0.2, 0.25) is 0 Å². The standard InChI is InChI=1S/C8H9BBrFO3/c1-2-14-5-3-6(10)8(9(12)13)7(11)4-5/h3-4,12-13H,2H2,1H3. The molecule has 3 nitrogen and oxygen atoms in total. The highest BCUT2D eigenvalue weighted by Gasteiger charge is 2.21. The van der Waals surface area contributed by atoms with E-state index < -0.39 is 12.9 Å². The molecule has 0 saturated carbocycles. The molecule has 1 rings (SSSR count). The minimum atomic E-state index is -1.83. The zero-order valence-electron chi connectivity index (χ0n) is 7.50. The van der Waals surface area contributed by atoms with Gasteiger partial charge >= 0.3 is 7.12 Å². The molecule has 1 aromatic carbocycles. The molecule has 0 aliphatic heterocycles. The van der Waals surface area contributed by atoms with Crippen LogP contribution in [0.15, 0.2) is 16.6 Å². The van der Waals surface area contributed by atoms with Crippen molar-refractivity contribution in [3.63, 3.8) is 0 Å². The normalized spacial score (nSPS) is 10.1. The Morgan fingerprint density at radius 1 is 1.50 bits per heavy atom. The highest BCUT2D eigenvalue weighted by Crippen LogP contribution is 2.19. The first-order valence-electron chi connectivity index (χ1n) is 4.04. The van der Waals surface area contributed by atoms with Crippen LogP contribution in [0.5, 0.6) is 5.75 Å². The largest absolute Gasteiger partial charge is 0.494 e. The van der Waals surface area contributed by atoms with Crippen LogP contribution >= 0.6 is 15.9 Å². The highest BCUT2D eigenvalue weighted by molar-refractivity contribution is 9.10. The molecule has 0 unspecified atom stereocenters. The van der Waals surface area contributed by atoms with E-state index in [1.54, 1.807) is 6.92 Å². The Labute approximate surface area is 89.8 Å². The van der Waals surface area contributed by atoms with E-state index >= 15 is 0 Å². The Bertz CT molecular complexity index is 309. The molecule has 6 heteroatoms. The van der Waals surface area contributed by atoms with Gasteiger partial charge in [0, 0.05) is 16.0 Å². The van der Waals surface area contributed by atoms with E-state index in [0.29, 0.717) is 12.4 Å². The minimum Gasteiger partial charge on any atom is -0.494 e. The van der Waals surface area contributed by atoms with Gasteiger partial charge in [0.2, 0.25) is 0 Å². The van der Waals surface area contributed by atoms with Gasteiger partial charge in [-0.2, -0.15) is 0 Å². The summed E-state index contributed by atoms with van der Waals surface area (Å²) in [5, 5.41) is 17.7. The second-order valence-corrected chi connectivity index (χ2v) is 3.46. The molecule has 2 N–H and O–H groups in total. The number of hydrogen-bond donors (Lipinski definition) is 2. The van der Waals surface area contributed by atoms with Crippen molar-refractivity contribution in [3.05, 3.63) is 22.4 Å². The first-order chi connectivity index (χ1) is 6.56. The predicted octanol–water partition coefficient (Wildman–Crippen LogP) is 0.667. The lowest BCUT2D eigenvalue weighted by molar-refractivity contribution is 0.338. The van der Waals surface area contributed by atoms with Gasteiger partial charge in [-0.05, 0) is 13.0 Å². The van der Waals surface area contributed by atoms with E-state index in [2.05, 4.69) is 15.9 Å². The van der Waals surface area contributed by atoms with E-state index in [0.717, 1.165) is 6.07 Å². The summed E-state index contributed by atoms with van der Waals surface area (Å²) < 4.78 is 18.6. The summed E-state index contributed by atoms with van der Waals surface area (Å²) in [6.45, 7) is 2.20. The smallest absolute Gasteiger partial charge is 0.492 e. The fourth-order valence-corrected chi connectivity index (χ4v) is 1.68. The highest BCUT2D eigenvalue weighted by atomic mass is 79.9. The SMILES string of the molecule is CCOc1cc(F)c(B(O)O)c(Br)c1. The van der Waals surface area contributed by atoms with Crippen LogP contribution in [0.4, 0.5) is 4.39 Å². The average Bonchev–Trinajstić information content (AvgIpc) is 2.01. The van der Waals surface area contributed by atoms with Crippen molar-refractivity contribution >= 4 is 28.5 Å². The number of rotatable bonds is 3. The van der Waals surface area contributed by atoms with Crippen molar-refractivity contribution in [2.24, 2.45) is 0 Å². The van der Waals surface area contributed by atoms with Gasteiger partial charge in [-0.3, -0.25) is 0 Å². The third-order valence-corrected chi connectivity index (χ3v) is 2.28. The van der Waals surface area contributed by atoms with E-state index in [4.69, 9.17) is 14.8 Å². The molecule has 1 aromatic rings. The average molecular weight is 263 g/mol. The fourth-order valence-electron chi connectivity index (χ4n) is 1.06. The minimum absolute atomic E-state index is 0.187. The van der Waals surface area contributed by atoms with Gasteiger partial charge in [0.05, 0.1) is 6.61 Å². The Morgan fingerprint density at radius 2 is 2.14 bits per heavy atom. The fraction of sp³-hybridized carbons (Fsp3) is 0.250. The molecule has 0 atom stereocenters. The molecule has 0 saturated heterocycles. The van der Waals surface area contributed by atoms with Crippen LogP contribution in [0, 0.1) is 5.82 Å². The maximum Gasteiger partial charge on any atom is 0.492 e. The van der Waals surface area contributed by atoms with Gasteiger partial charge in [-0.15, -0.1) is 0 Å². The molecular formula is C8H9BBrFO3.